The highest BCUT2D eigenvalue weighted by Gasteiger charge is 2.15. The third-order valence-corrected chi connectivity index (χ3v) is 2.55. The Hall–Kier alpha value is -0.610. The molecule has 0 radical (unpaired) electrons. The minimum Gasteiger partial charge on any atom is -0.462 e. The van der Waals surface area contributed by atoms with Crippen LogP contribution in [0.15, 0.2) is 0 Å². The first-order valence-electron chi connectivity index (χ1n) is 6.47. The molecule has 1 aliphatic rings. The Morgan fingerprint density at radius 1 is 1.47 bits per heavy atom. The highest BCUT2D eigenvalue weighted by Crippen LogP contribution is 2.03. The van der Waals surface area contributed by atoms with Crippen molar-refractivity contribution in [1.29, 1.82) is 0 Å². The van der Waals surface area contributed by atoms with E-state index in [1.807, 2.05) is 20.8 Å². The van der Waals surface area contributed by atoms with Gasteiger partial charge < -0.3 is 10.1 Å². The molecular formula is C13H28N2O2. The van der Waals surface area contributed by atoms with Crippen LogP contribution in [0, 0.1) is 0 Å². The summed E-state index contributed by atoms with van der Waals surface area (Å²) in [5.74, 6) is 0. The summed E-state index contributed by atoms with van der Waals surface area (Å²) in [5, 5.41) is 3.38. The zero-order valence-corrected chi connectivity index (χ0v) is 12.0. The van der Waals surface area contributed by atoms with Gasteiger partial charge in [0.15, 0.2) is 0 Å². The summed E-state index contributed by atoms with van der Waals surface area (Å²) in [6, 6.07) is 0.744. The number of carbonyl (C=O) groups excluding carboxylic acids is 1. The van der Waals surface area contributed by atoms with E-state index in [1.54, 1.807) is 0 Å². The molecule has 17 heavy (non-hydrogen) atoms. The van der Waals surface area contributed by atoms with Crippen molar-refractivity contribution in [1.82, 2.24) is 10.2 Å². The molecule has 1 rings (SSSR count). The van der Waals surface area contributed by atoms with E-state index >= 15 is 0 Å². The van der Waals surface area contributed by atoms with Crippen molar-refractivity contribution in [3.8, 4) is 0 Å². The van der Waals surface area contributed by atoms with Gasteiger partial charge in [-0.1, -0.05) is 6.92 Å². The minimum atomic E-state index is -0.318. The van der Waals surface area contributed by atoms with E-state index in [1.165, 1.54) is 32.6 Å². The number of rotatable bonds is 3. The number of carbonyl (C=O) groups is 1. The molecule has 0 aromatic rings. The summed E-state index contributed by atoms with van der Waals surface area (Å²) in [4.78, 5) is 12.2. The van der Waals surface area contributed by atoms with Gasteiger partial charge in [0, 0.05) is 25.7 Å². The molecule has 0 amide bonds. The maximum atomic E-state index is 9.60. The van der Waals surface area contributed by atoms with Crippen molar-refractivity contribution in [3.05, 3.63) is 0 Å². The molecule has 4 nitrogen and oxygen atoms in total. The molecule has 4 heteroatoms. The molecule has 0 aromatic carbocycles. The molecule has 1 N–H and O–H groups in total. The van der Waals surface area contributed by atoms with E-state index in [2.05, 4.69) is 28.8 Å². The second-order valence-electron chi connectivity index (χ2n) is 5.42. The molecule has 1 heterocycles. The lowest BCUT2D eigenvalue weighted by molar-refractivity contribution is -0.138. The largest absolute Gasteiger partial charge is 0.462 e. The van der Waals surface area contributed by atoms with Crippen LogP contribution in [0.5, 0.6) is 0 Å². The first kappa shape index (κ1) is 16.4. The van der Waals surface area contributed by atoms with Gasteiger partial charge in [0.05, 0.1) is 0 Å². The van der Waals surface area contributed by atoms with Crippen LogP contribution in [0.25, 0.3) is 0 Å². The van der Waals surface area contributed by atoms with Crippen LogP contribution in [-0.4, -0.2) is 49.2 Å². The normalized spacial score (nSPS) is 21.4. The SMILES string of the molecule is CC(C)(C)OC=O.CCCN1CCNCC1C. The number of ether oxygens (including phenoxy) is 1. The predicted octanol–water partition coefficient (Wildman–Crippen LogP) is 1.65. The second kappa shape index (κ2) is 8.48. The summed E-state index contributed by atoms with van der Waals surface area (Å²) in [5.41, 5.74) is -0.318. The van der Waals surface area contributed by atoms with Crippen LogP contribution in [-0.2, 0) is 9.53 Å². The molecule has 0 aliphatic carbocycles. The molecule has 1 saturated heterocycles. The predicted molar refractivity (Wildman–Crippen MR) is 71.1 cm³/mol. The number of hydrogen-bond acceptors (Lipinski definition) is 4. The monoisotopic (exact) mass is 244 g/mol. The van der Waals surface area contributed by atoms with Crippen molar-refractivity contribution < 1.29 is 9.53 Å². The Morgan fingerprint density at radius 2 is 2.12 bits per heavy atom. The molecule has 1 fully saturated rings. The zero-order chi connectivity index (χ0) is 13.3. The number of nitrogens with one attached hydrogen (secondary N) is 1. The molecule has 0 spiro atoms. The average Bonchev–Trinajstić information content (AvgIpc) is 2.21. The summed E-state index contributed by atoms with van der Waals surface area (Å²) in [7, 11) is 0. The zero-order valence-electron chi connectivity index (χ0n) is 12.0. The van der Waals surface area contributed by atoms with E-state index in [0.717, 1.165) is 6.04 Å². The van der Waals surface area contributed by atoms with Crippen molar-refractivity contribution in [2.75, 3.05) is 26.2 Å². The van der Waals surface area contributed by atoms with Gasteiger partial charge in [-0.2, -0.15) is 0 Å². The minimum absolute atomic E-state index is 0.318. The van der Waals surface area contributed by atoms with E-state index in [0.29, 0.717) is 6.47 Å². The van der Waals surface area contributed by atoms with Gasteiger partial charge in [0.2, 0.25) is 0 Å². The molecule has 1 atom stereocenters. The third-order valence-electron chi connectivity index (χ3n) is 2.55. The summed E-state index contributed by atoms with van der Waals surface area (Å²) in [6.45, 7) is 15.3. The summed E-state index contributed by atoms with van der Waals surface area (Å²) >= 11 is 0. The summed E-state index contributed by atoms with van der Waals surface area (Å²) < 4.78 is 4.55. The number of nitrogens with zero attached hydrogens (tertiary/aromatic N) is 1. The lowest BCUT2D eigenvalue weighted by Gasteiger charge is -2.33. The lowest BCUT2D eigenvalue weighted by atomic mass is 10.2. The standard InChI is InChI=1S/C8H18N2.C5H10O2/c1-3-5-10-6-4-9-7-8(10)2;1-5(2,3)7-4-6/h8-9H,3-7H2,1-2H3;4H,1-3H3. The van der Waals surface area contributed by atoms with Crippen LogP contribution in [0.4, 0.5) is 0 Å². The van der Waals surface area contributed by atoms with E-state index in [-0.39, 0.29) is 5.60 Å². The molecule has 1 aliphatic heterocycles. The summed E-state index contributed by atoms with van der Waals surface area (Å²) in [6.07, 6.45) is 1.28. The van der Waals surface area contributed by atoms with Gasteiger partial charge >= 0.3 is 0 Å². The number of hydrogen-bond donors (Lipinski definition) is 1. The quantitative estimate of drug-likeness (QED) is 0.767. The van der Waals surface area contributed by atoms with Crippen LogP contribution in [0.2, 0.25) is 0 Å². The van der Waals surface area contributed by atoms with Crippen molar-refractivity contribution >= 4 is 6.47 Å². The highest BCUT2D eigenvalue weighted by molar-refractivity contribution is 5.37. The first-order chi connectivity index (χ1) is 7.90. The maximum absolute atomic E-state index is 9.60. The van der Waals surface area contributed by atoms with Crippen LogP contribution >= 0.6 is 0 Å². The highest BCUT2D eigenvalue weighted by atomic mass is 16.5. The van der Waals surface area contributed by atoms with Gasteiger partial charge in [-0.3, -0.25) is 9.69 Å². The Labute approximate surface area is 106 Å². The topological polar surface area (TPSA) is 41.6 Å². The lowest BCUT2D eigenvalue weighted by Crippen LogP contribution is -2.49. The Kier molecular flexibility index (Phi) is 8.17. The van der Waals surface area contributed by atoms with Gasteiger partial charge in [-0.05, 0) is 40.7 Å². The fourth-order valence-corrected chi connectivity index (χ4v) is 1.65. The second-order valence-corrected chi connectivity index (χ2v) is 5.42. The van der Waals surface area contributed by atoms with Crippen molar-refractivity contribution in [3.63, 3.8) is 0 Å². The van der Waals surface area contributed by atoms with Gasteiger partial charge in [-0.15, -0.1) is 0 Å². The average molecular weight is 244 g/mol. The molecule has 0 aromatic heterocycles. The Bertz CT molecular complexity index is 200. The molecule has 102 valence electrons. The maximum Gasteiger partial charge on any atom is 0.293 e. The fourth-order valence-electron chi connectivity index (χ4n) is 1.65. The van der Waals surface area contributed by atoms with Gasteiger partial charge in [0.1, 0.15) is 5.60 Å². The smallest absolute Gasteiger partial charge is 0.293 e. The van der Waals surface area contributed by atoms with Crippen LogP contribution in [0.1, 0.15) is 41.0 Å². The fraction of sp³-hybridized carbons (Fsp3) is 0.923. The molecule has 0 bridgehead atoms. The first-order valence-corrected chi connectivity index (χ1v) is 6.47. The van der Waals surface area contributed by atoms with E-state index in [4.69, 9.17) is 0 Å². The van der Waals surface area contributed by atoms with Gasteiger partial charge in [-0.25, -0.2) is 0 Å². The Balaban J connectivity index is 0.000000325. The number of piperazine rings is 1. The van der Waals surface area contributed by atoms with Crippen molar-refractivity contribution in [2.45, 2.75) is 52.7 Å². The van der Waals surface area contributed by atoms with Crippen LogP contribution in [0.3, 0.4) is 0 Å². The van der Waals surface area contributed by atoms with Gasteiger partial charge in [0.25, 0.3) is 6.47 Å². The molecule has 0 saturated carbocycles. The third kappa shape index (κ3) is 9.12. The molecular weight excluding hydrogens is 216 g/mol. The van der Waals surface area contributed by atoms with Crippen LogP contribution < -0.4 is 5.32 Å². The van der Waals surface area contributed by atoms with E-state index < -0.39 is 0 Å². The van der Waals surface area contributed by atoms with Crippen molar-refractivity contribution in [2.24, 2.45) is 0 Å². The Morgan fingerprint density at radius 3 is 2.47 bits per heavy atom. The molecule has 1 unspecified atom stereocenters. The van der Waals surface area contributed by atoms with E-state index in [9.17, 15) is 4.79 Å².